The van der Waals surface area contributed by atoms with Crippen molar-refractivity contribution in [2.45, 2.75) is 6.54 Å². The minimum atomic E-state index is -0.232. The first-order valence-corrected chi connectivity index (χ1v) is 12.1. The molecule has 1 saturated heterocycles. The molecule has 5 rings (SSSR count). The molecule has 0 atom stereocenters. The summed E-state index contributed by atoms with van der Waals surface area (Å²) in [6, 6.07) is 19.1. The van der Waals surface area contributed by atoms with Gasteiger partial charge in [-0.15, -0.1) is 0 Å². The fraction of sp³-hybridized carbons (Fsp3) is 0.250. The number of carbonyl (C=O) groups excluding carboxylic acids is 1. The zero-order chi connectivity index (χ0) is 25.6. The van der Waals surface area contributed by atoms with Crippen LogP contribution in [0.2, 0.25) is 0 Å². The van der Waals surface area contributed by atoms with Crippen LogP contribution in [0.3, 0.4) is 0 Å². The molecule has 4 aromatic rings. The zero-order valence-corrected chi connectivity index (χ0v) is 20.9. The van der Waals surface area contributed by atoms with E-state index in [9.17, 15) is 4.79 Å². The van der Waals surface area contributed by atoms with E-state index in [0.29, 0.717) is 42.5 Å². The summed E-state index contributed by atoms with van der Waals surface area (Å²) in [5.41, 5.74) is 3.51. The van der Waals surface area contributed by atoms with E-state index in [0.717, 1.165) is 35.7 Å². The molecule has 9 nitrogen and oxygen atoms in total. The fourth-order valence-electron chi connectivity index (χ4n) is 4.23. The molecule has 1 N–H and O–H groups in total. The molecule has 1 amide bonds. The van der Waals surface area contributed by atoms with Crippen LogP contribution in [0.4, 0.5) is 5.82 Å². The Kier molecular flexibility index (Phi) is 7.32. The van der Waals surface area contributed by atoms with Gasteiger partial charge in [0.15, 0.2) is 11.5 Å². The fourth-order valence-corrected chi connectivity index (χ4v) is 4.23. The summed E-state index contributed by atoms with van der Waals surface area (Å²) >= 11 is 0. The van der Waals surface area contributed by atoms with E-state index in [2.05, 4.69) is 15.2 Å². The molecule has 9 heteroatoms. The number of benzene rings is 2. The molecule has 2 aromatic heterocycles. The van der Waals surface area contributed by atoms with Crippen molar-refractivity contribution in [3.63, 3.8) is 0 Å². The van der Waals surface area contributed by atoms with Crippen molar-refractivity contribution in [2.75, 3.05) is 45.4 Å². The van der Waals surface area contributed by atoms with Crippen molar-refractivity contribution < 1.29 is 19.0 Å². The summed E-state index contributed by atoms with van der Waals surface area (Å²) in [4.78, 5) is 20.2. The first-order valence-electron chi connectivity index (χ1n) is 12.1. The minimum absolute atomic E-state index is 0.232. The summed E-state index contributed by atoms with van der Waals surface area (Å²) in [5.74, 6) is 1.85. The number of ether oxygens (including phenoxy) is 3. The van der Waals surface area contributed by atoms with E-state index in [-0.39, 0.29) is 5.91 Å². The Morgan fingerprint density at radius 3 is 2.49 bits per heavy atom. The number of hydrogen-bond acceptors (Lipinski definition) is 7. The van der Waals surface area contributed by atoms with Gasteiger partial charge < -0.3 is 24.4 Å². The smallest absolute Gasteiger partial charge is 0.255 e. The quantitative estimate of drug-likeness (QED) is 0.395. The zero-order valence-electron chi connectivity index (χ0n) is 20.9. The monoisotopic (exact) mass is 499 g/mol. The summed E-state index contributed by atoms with van der Waals surface area (Å²) in [5, 5.41) is 7.77. The second kappa shape index (κ2) is 11.1. The number of hydrogen-bond donors (Lipinski definition) is 1. The van der Waals surface area contributed by atoms with Crippen LogP contribution in [0.25, 0.3) is 16.9 Å². The maximum absolute atomic E-state index is 13.4. The number of para-hydroxylation sites is 1. The number of aromatic nitrogens is 3. The molecule has 1 fully saturated rings. The molecule has 2 aromatic carbocycles. The first kappa shape index (κ1) is 24.3. The molecule has 0 bridgehead atoms. The Morgan fingerprint density at radius 2 is 1.78 bits per heavy atom. The maximum atomic E-state index is 13.4. The SMILES string of the molecule is COc1ccc(-c2nn(-c3ccccc3)cc2C(=O)NCc2ccc(N3CCOCC3)nc2)cc1OC. The number of methoxy groups -OCH3 is 2. The highest BCUT2D eigenvalue weighted by atomic mass is 16.5. The van der Waals surface area contributed by atoms with E-state index < -0.39 is 0 Å². The molecule has 0 aliphatic carbocycles. The van der Waals surface area contributed by atoms with Gasteiger partial charge in [0.25, 0.3) is 5.91 Å². The second-order valence-corrected chi connectivity index (χ2v) is 8.55. The van der Waals surface area contributed by atoms with Gasteiger partial charge in [-0.2, -0.15) is 5.10 Å². The molecule has 37 heavy (non-hydrogen) atoms. The Balaban J connectivity index is 1.39. The second-order valence-electron chi connectivity index (χ2n) is 8.55. The van der Waals surface area contributed by atoms with Crippen LogP contribution >= 0.6 is 0 Å². The minimum Gasteiger partial charge on any atom is -0.493 e. The Labute approximate surface area is 215 Å². The van der Waals surface area contributed by atoms with E-state index in [1.165, 1.54) is 0 Å². The molecular formula is C28H29N5O4. The number of morpholine rings is 1. The lowest BCUT2D eigenvalue weighted by Crippen LogP contribution is -2.36. The first-order chi connectivity index (χ1) is 18.2. The summed E-state index contributed by atoms with van der Waals surface area (Å²) in [7, 11) is 3.17. The van der Waals surface area contributed by atoms with Gasteiger partial charge in [0.2, 0.25) is 0 Å². The van der Waals surface area contributed by atoms with Crippen molar-refractivity contribution in [1.82, 2.24) is 20.1 Å². The van der Waals surface area contributed by atoms with Gasteiger partial charge in [0.1, 0.15) is 11.5 Å². The van der Waals surface area contributed by atoms with Crippen LogP contribution in [0, 0.1) is 0 Å². The average molecular weight is 500 g/mol. The Bertz CT molecular complexity index is 1350. The van der Waals surface area contributed by atoms with E-state index in [1.807, 2.05) is 54.6 Å². The predicted molar refractivity (Wildman–Crippen MR) is 141 cm³/mol. The number of rotatable bonds is 8. The van der Waals surface area contributed by atoms with Crippen molar-refractivity contribution in [2.24, 2.45) is 0 Å². The van der Waals surface area contributed by atoms with E-state index in [1.54, 1.807) is 37.4 Å². The number of anilines is 1. The molecule has 0 spiro atoms. The molecular weight excluding hydrogens is 470 g/mol. The predicted octanol–water partition coefficient (Wildman–Crippen LogP) is 3.72. The Morgan fingerprint density at radius 1 is 1.00 bits per heavy atom. The van der Waals surface area contributed by atoms with Crippen LogP contribution in [-0.2, 0) is 11.3 Å². The van der Waals surface area contributed by atoms with Crippen molar-refractivity contribution in [3.05, 3.63) is 84.2 Å². The lowest BCUT2D eigenvalue weighted by atomic mass is 10.1. The molecule has 0 saturated carbocycles. The number of nitrogens with one attached hydrogen (secondary N) is 1. The maximum Gasteiger partial charge on any atom is 0.255 e. The van der Waals surface area contributed by atoms with Crippen LogP contribution in [0.5, 0.6) is 11.5 Å². The van der Waals surface area contributed by atoms with Gasteiger partial charge >= 0.3 is 0 Å². The summed E-state index contributed by atoms with van der Waals surface area (Å²) in [6.45, 7) is 3.41. The largest absolute Gasteiger partial charge is 0.493 e. The van der Waals surface area contributed by atoms with Gasteiger partial charge in [0, 0.05) is 37.6 Å². The number of nitrogens with zero attached hydrogens (tertiary/aromatic N) is 4. The number of carbonyl (C=O) groups is 1. The normalized spacial score (nSPS) is 13.3. The third-order valence-electron chi connectivity index (χ3n) is 6.23. The molecule has 0 unspecified atom stereocenters. The number of amides is 1. The average Bonchev–Trinajstić information content (AvgIpc) is 3.42. The Hall–Kier alpha value is -4.37. The molecule has 1 aliphatic rings. The highest BCUT2D eigenvalue weighted by Gasteiger charge is 2.20. The molecule has 0 radical (unpaired) electrons. The third-order valence-corrected chi connectivity index (χ3v) is 6.23. The molecule has 1 aliphatic heterocycles. The van der Waals surface area contributed by atoms with Crippen molar-refractivity contribution in [1.29, 1.82) is 0 Å². The molecule has 190 valence electrons. The lowest BCUT2D eigenvalue weighted by Gasteiger charge is -2.27. The highest BCUT2D eigenvalue weighted by molar-refractivity contribution is 6.00. The van der Waals surface area contributed by atoms with Gasteiger partial charge in [0.05, 0.1) is 38.7 Å². The summed E-state index contributed by atoms with van der Waals surface area (Å²) < 4.78 is 18.0. The third kappa shape index (κ3) is 5.41. The van der Waals surface area contributed by atoms with Gasteiger partial charge in [-0.3, -0.25) is 4.79 Å². The van der Waals surface area contributed by atoms with Crippen LogP contribution in [-0.4, -0.2) is 61.2 Å². The van der Waals surface area contributed by atoms with E-state index >= 15 is 0 Å². The van der Waals surface area contributed by atoms with Crippen LogP contribution < -0.4 is 19.7 Å². The van der Waals surface area contributed by atoms with Gasteiger partial charge in [-0.25, -0.2) is 9.67 Å². The van der Waals surface area contributed by atoms with Gasteiger partial charge in [-0.05, 0) is 42.0 Å². The van der Waals surface area contributed by atoms with Crippen molar-refractivity contribution >= 4 is 11.7 Å². The van der Waals surface area contributed by atoms with Crippen molar-refractivity contribution in [3.8, 4) is 28.4 Å². The highest BCUT2D eigenvalue weighted by Crippen LogP contribution is 2.33. The molecule has 3 heterocycles. The summed E-state index contributed by atoms with van der Waals surface area (Å²) in [6.07, 6.45) is 3.55. The van der Waals surface area contributed by atoms with E-state index in [4.69, 9.17) is 19.3 Å². The van der Waals surface area contributed by atoms with Crippen LogP contribution in [0.1, 0.15) is 15.9 Å². The standard InChI is InChI=1S/C28H29N5O4/c1-35-24-10-9-21(16-25(24)36-2)27-23(19-33(31-27)22-6-4-3-5-7-22)28(34)30-18-20-8-11-26(29-17-20)32-12-14-37-15-13-32/h3-11,16-17,19H,12-15,18H2,1-2H3,(H,30,34). The van der Waals surface area contributed by atoms with Gasteiger partial charge in [-0.1, -0.05) is 24.3 Å². The topological polar surface area (TPSA) is 90.7 Å². The number of pyridine rings is 1. The van der Waals surface area contributed by atoms with Crippen LogP contribution in [0.15, 0.2) is 73.1 Å². The lowest BCUT2D eigenvalue weighted by molar-refractivity contribution is 0.0951.